The maximum atomic E-state index is 11.6. The summed E-state index contributed by atoms with van der Waals surface area (Å²) >= 11 is 0. The normalized spacial score (nSPS) is 10.9. The summed E-state index contributed by atoms with van der Waals surface area (Å²) in [5, 5.41) is 19.8. The summed E-state index contributed by atoms with van der Waals surface area (Å²) in [6.45, 7) is 0. The van der Waals surface area contributed by atoms with Crippen LogP contribution in [0.1, 0.15) is 0 Å². The first kappa shape index (κ1) is 16.2. The number of carboxylic acids is 1. The Hall–Kier alpha value is -3.68. The molecule has 2 aromatic carbocycles. The molecule has 126 valence electrons. The van der Waals surface area contributed by atoms with E-state index in [0.717, 1.165) is 23.6 Å². The van der Waals surface area contributed by atoms with Crippen LogP contribution in [0.4, 0.5) is 5.69 Å². The van der Waals surface area contributed by atoms with Crippen LogP contribution in [0.15, 0.2) is 54.6 Å². The maximum absolute atomic E-state index is 11.6. The van der Waals surface area contributed by atoms with Crippen molar-refractivity contribution in [2.75, 3.05) is 12.4 Å². The van der Waals surface area contributed by atoms with Gasteiger partial charge in [0, 0.05) is 17.8 Å². The molecule has 0 fully saturated rings. The number of carbonyl (C=O) groups excluding carboxylic acids is 1. The molecule has 8 nitrogen and oxygen atoms in total. The zero-order valence-corrected chi connectivity index (χ0v) is 13.2. The number of hydrogen-bond donors (Lipinski definition) is 2. The van der Waals surface area contributed by atoms with E-state index in [4.69, 9.17) is 9.84 Å². The van der Waals surface area contributed by atoms with Crippen LogP contribution in [0.5, 0.6) is 5.75 Å². The van der Waals surface area contributed by atoms with E-state index >= 15 is 0 Å². The zero-order valence-electron chi connectivity index (χ0n) is 13.2. The molecule has 1 aromatic heterocycles. The Morgan fingerprint density at radius 2 is 1.80 bits per heavy atom. The number of methoxy groups -OCH3 is 1. The quantitative estimate of drug-likeness (QED) is 0.689. The Bertz CT molecular complexity index is 960. The van der Waals surface area contributed by atoms with Crippen molar-refractivity contribution in [1.29, 1.82) is 0 Å². The third kappa shape index (κ3) is 3.81. The second kappa shape index (κ2) is 6.83. The maximum Gasteiger partial charge on any atom is 0.328 e. The van der Waals surface area contributed by atoms with Crippen molar-refractivity contribution in [2.24, 2.45) is 0 Å². The SMILES string of the molecule is COc1ccc(-n2nc3ccc(NC(=O)C=CC(=O)O)cc3n2)cc1. The molecule has 25 heavy (non-hydrogen) atoms. The summed E-state index contributed by atoms with van der Waals surface area (Å²) in [5.41, 5.74) is 2.52. The number of aliphatic carboxylic acids is 1. The molecule has 0 spiro atoms. The minimum Gasteiger partial charge on any atom is -0.497 e. The van der Waals surface area contributed by atoms with Gasteiger partial charge in [0.25, 0.3) is 0 Å². The number of aromatic nitrogens is 3. The summed E-state index contributed by atoms with van der Waals surface area (Å²) < 4.78 is 5.12. The number of anilines is 1. The Morgan fingerprint density at radius 1 is 1.08 bits per heavy atom. The van der Waals surface area contributed by atoms with Gasteiger partial charge in [0.1, 0.15) is 16.8 Å². The first-order chi connectivity index (χ1) is 12.0. The predicted octanol–water partition coefficient (Wildman–Crippen LogP) is 2.01. The molecule has 3 rings (SSSR count). The molecule has 2 N–H and O–H groups in total. The first-order valence-corrected chi connectivity index (χ1v) is 7.29. The molecule has 0 aliphatic rings. The first-order valence-electron chi connectivity index (χ1n) is 7.29. The zero-order chi connectivity index (χ0) is 17.8. The lowest BCUT2D eigenvalue weighted by molar-refractivity contribution is -0.131. The third-order valence-corrected chi connectivity index (χ3v) is 3.33. The van der Waals surface area contributed by atoms with Gasteiger partial charge >= 0.3 is 5.97 Å². The third-order valence-electron chi connectivity index (χ3n) is 3.33. The molecule has 0 aliphatic heterocycles. The highest BCUT2D eigenvalue weighted by Crippen LogP contribution is 2.19. The lowest BCUT2D eigenvalue weighted by Gasteiger charge is -2.01. The number of benzene rings is 2. The molecule has 0 aliphatic carbocycles. The molecule has 8 heteroatoms. The van der Waals surface area contributed by atoms with E-state index in [1.807, 2.05) is 24.3 Å². The van der Waals surface area contributed by atoms with E-state index in [1.54, 1.807) is 25.3 Å². The van der Waals surface area contributed by atoms with Gasteiger partial charge < -0.3 is 15.2 Å². The van der Waals surface area contributed by atoms with Crippen LogP contribution in [-0.4, -0.2) is 39.1 Å². The molecule has 3 aromatic rings. The average molecular weight is 338 g/mol. The van der Waals surface area contributed by atoms with Gasteiger partial charge in [0.2, 0.25) is 5.91 Å². The number of nitrogens with zero attached hydrogens (tertiary/aromatic N) is 3. The molecular formula is C17H14N4O4. The second-order valence-corrected chi connectivity index (χ2v) is 5.05. The Kier molecular flexibility index (Phi) is 4.42. The molecule has 0 unspecified atom stereocenters. The fourth-order valence-corrected chi connectivity index (χ4v) is 2.15. The molecule has 0 radical (unpaired) electrons. The minimum atomic E-state index is -1.19. The lowest BCUT2D eigenvalue weighted by Crippen LogP contribution is -2.08. The average Bonchev–Trinajstić information content (AvgIpc) is 3.03. The van der Waals surface area contributed by atoms with Crippen LogP contribution in [0.25, 0.3) is 16.7 Å². The van der Waals surface area contributed by atoms with Gasteiger partial charge in [-0.1, -0.05) is 0 Å². The van der Waals surface area contributed by atoms with E-state index in [9.17, 15) is 9.59 Å². The minimum absolute atomic E-state index is 0.495. The molecule has 0 atom stereocenters. The standard InChI is InChI=1S/C17H14N4O4/c1-25-13-5-3-12(4-6-13)21-19-14-7-2-11(10-15(14)20-21)18-16(22)8-9-17(23)24/h2-10H,1H3,(H,18,22)(H,23,24). The van der Waals surface area contributed by atoms with Crippen LogP contribution in [0.3, 0.4) is 0 Å². The van der Waals surface area contributed by atoms with Gasteiger partial charge in [0.05, 0.1) is 12.8 Å². The van der Waals surface area contributed by atoms with Crippen molar-refractivity contribution in [3.05, 3.63) is 54.6 Å². The molecule has 0 saturated heterocycles. The number of carboxylic acid groups (broad SMARTS) is 1. The van der Waals surface area contributed by atoms with E-state index in [1.165, 1.54) is 4.80 Å². The second-order valence-electron chi connectivity index (χ2n) is 5.05. The van der Waals surface area contributed by atoms with Crippen molar-refractivity contribution < 1.29 is 19.4 Å². The number of hydrogen-bond acceptors (Lipinski definition) is 5. The van der Waals surface area contributed by atoms with Crippen molar-refractivity contribution in [2.45, 2.75) is 0 Å². The fourth-order valence-electron chi connectivity index (χ4n) is 2.15. The topological polar surface area (TPSA) is 106 Å². The summed E-state index contributed by atoms with van der Waals surface area (Å²) in [7, 11) is 1.59. The predicted molar refractivity (Wildman–Crippen MR) is 90.8 cm³/mol. The van der Waals surface area contributed by atoms with Gasteiger partial charge in [-0.05, 0) is 42.5 Å². The highest BCUT2D eigenvalue weighted by Gasteiger charge is 2.07. The van der Waals surface area contributed by atoms with Gasteiger partial charge in [-0.15, -0.1) is 10.2 Å². The Balaban J connectivity index is 1.83. The lowest BCUT2D eigenvalue weighted by atomic mass is 10.2. The molecule has 0 bridgehead atoms. The molecular weight excluding hydrogens is 324 g/mol. The number of amides is 1. The summed E-state index contributed by atoms with van der Waals surface area (Å²) in [5.74, 6) is -0.989. The van der Waals surface area contributed by atoms with Crippen molar-refractivity contribution in [1.82, 2.24) is 15.0 Å². The molecule has 0 saturated carbocycles. The van der Waals surface area contributed by atoms with Crippen LogP contribution < -0.4 is 10.1 Å². The summed E-state index contributed by atoms with van der Waals surface area (Å²) in [6, 6.07) is 12.3. The monoisotopic (exact) mass is 338 g/mol. The van der Waals surface area contributed by atoms with E-state index in [-0.39, 0.29) is 0 Å². The van der Waals surface area contributed by atoms with Crippen molar-refractivity contribution in [3.8, 4) is 11.4 Å². The molecule has 1 amide bonds. The Morgan fingerprint density at radius 3 is 2.48 bits per heavy atom. The van der Waals surface area contributed by atoms with Gasteiger partial charge in [-0.25, -0.2) is 4.79 Å². The van der Waals surface area contributed by atoms with Crippen LogP contribution in [-0.2, 0) is 9.59 Å². The van der Waals surface area contributed by atoms with Crippen LogP contribution in [0, 0.1) is 0 Å². The van der Waals surface area contributed by atoms with Crippen LogP contribution >= 0.6 is 0 Å². The highest BCUT2D eigenvalue weighted by molar-refractivity contribution is 6.03. The van der Waals surface area contributed by atoms with Gasteiger partial charge in [-0.3, -0.25) is 4.79 Å². The number of fused-ring (bicyclic) bond motifs is 1. The van der Waals surface area contributed by atoms with Gasteiger partial charge in [-0.2, -0.15) is 4.80 Å². The highest BCUT2D eigenvalue weighted by atomic mass is 16.5. The van der Waals surface area contributed by atoms with Gasteiger partial charge in [0.15, 0.2) is 0 Å². The number of rotatable bonds is 5. The van der Waals surface area contributed by atoms with E-state index in [0.29, 0.717) is 16.7 Å². The number of carbonyl (C=O) groups is 2. The van der Waals surface area contributed by atoms with E-state index < -0.39 is 11.9 Å². The molecule has 1 heterocycles. The van der Waals surface area contributed by atoms with Crippen LogP contribution in [0.2, 0.25) is 0 Å². The summed E-state index contributed by atoms with van der Waals surface area (Å²) in [4.78, 5) is 23.5. The largest absolute Gasteiger partial charge is 0.497 e. The Labute approximate surface area is 142 Å². The fraction of sp³-hybridized carbons (Fsp3) is 0.0588. The summed E-state index contributed by atoms with van der Waals surface area (Å²) in [6.07, 6.45) is 1.72. The van der Waals surface area contributed by atoms with Crippen molar-refractivity contribution in [3.63, 3.8) is 0 Å². The number of nitrogens with one attached hydrogen (secondary N) is 1. The van der Waals surface area contributed by atoms with Crippen molar-refractivity contribution >= 4 is 28.6 Å². The number of ether oxygens (including phenoxy) is 1. The smallest absolute Gasteiger partial charge is 0.328 e. The van der Waals surface area contributed by atoms with E-state index in [2.05, 4.69) is 15.5 Å².